The summed E-state index contributed by atoms with van der Waals surface area (Å²) in [6.45, 7) is 0. The largest absolute Gasteiger partial charge is 0.421 e. The summed E-state index contributed by atoms with van der Waals surface area (Å²) < 4.78 is 19.1. The molecule has 0 aromatic heterocycles. The molecular weight excluding hydrogens is 481 g/mol. The van der Waals surface area contributed by atoms with Crippen molar-refractivity contribution in [1.29, 1.82) is 0 Å². The third-order valence-electron chi connectivity index (χ3n) is 5.03. The van der Waals surface area contributed by atoms with Crippen molar-refractivity contribution in [2.45, 2.75) is 4.90 Å². The van der Waals surface area contributed by atoms with Crippen molar-refractivity contribution in [3.05, 3.63) is 147 Å². The molecule has 0 radical (unpaired) electrons. The van der Waals surface area contributed by atoms with E-state index in [4.69, 9.17) is 4.74 Å². The number of thioether (sulfide) groups is 1. The number of para-hydroxylation sites is 1. The van der Waals surface area contributed by atoms with Gasteiger partial charge >= 0.3 is 5.97 Å². The van der Waals surface area contributed by atoms with Gasteiger partial charge < -0.3 is 4.74 Å². The van der Waals surface area contributed by atoms with Crippen molar-refractivity contribution in [2.24, 2.45) is 0 Å². The number of esters is 1. The summed E-state index contributed by atoms with van der Waals surface area (Å²) in [4.78, 5) is 38.0. The number of halogens is 1. The Morgan fingerprint density at radius 1 is 0.722 bits per heavy atom. The van der Waals surface area contributed by atoms with Crippen LogP contribution in [0.4, 0.5) is 10.1 Å². The molecule has 4 aromatic rings. The Labute approximate surface area is 210 Å². The highest BCUT2D eigenvalue weighted by Gasteiger charge is 2.26. The van der Waals surface area contributed by atoms with Crippen LogP contribution in [-0.2, 0) is 4.74 Å². The second kappa shape index (κ2) is 11.2. The summed E-state index contributed by atoms with van der Waals surface area (Å²) >= 11 is 0.840. The number of Topliss-reactive ketones (excluding diaryl/α,β-unsaturated/α-hetero) is 1. The minimum Gasteiger partial charge on any atom is -0.421 e. The molecule has 4 rings (SSSR count). The van der Waals surface area contributed by atoms with Gasteiger partial charge in [-0.15, -0.1) is 0 Å². The predicted molar refractivity (Wildman–Crippen MR) is 135 cm³/mol. The van der Waals surface area contributed by atoms with Gasteiger partial charge in [0.1, 0.15) is 10.7 Å². The SMILES string of the molecule is O=C(O/C(=C(\Sc1ccccc1[N+](=O)[O-])C(=O)c1ccccc1)c1ccccc1)c1ccc(F)cc1. The summed E-state index contributed by atoms with van der Waals surface area (Å²) in [5, 5.41) is 11.6. The number of hydrogen-bond donors (Lipinski definition) is 0. The van der Waals surface area contributed by atoms with Crippen LogP contribution in [0.1, 0.15) is 26.3 Å². The number of ketones is 1. The van der Waals surface area contributed by atoms with E-state index < -0.39 is 22.5 Å². The maximum absolute atomic E-state index is 13.7. The molecule has 0 aliphatic carbocycles. The lowest BCUT2D eigenvalue weighted by Crippen LogP contribution is -2.11. The van der Waals surface area contributed by atoms with Crippen LogP contribution >= 0.6 is 11.8 Å². The number of ether oxygens (including phenoxy) is 1. The van der Waals surface area contributed by atoms with E-state index in [2.05, 4.69) is 0 Å². The van der Waals surface area contributed by atoms with Gasteiger partial charge in [0.05, 0.1) is 15.4 Å². The van der Waals surface area contributed by atoms with E-state index in [1.165, 1.54) is 30.3 Å². The molecule has 36 heavy (non-hydrogen) atoms. The molecule has 0 bridgehead atoms. The van der Waals surface area contributed by atoms with Crippen molar-refractivity contribution in [2.75, 3.05) is 0 Å². The van der Waals surface area contributed by atoms with Gasteiger partial charge in [0.25, 0.3) is 5.69 Å². The van der Waals surface area contributed by atoms with Crippen LogP contribution in [-0.4, -0.2) is 16.7 Å². The molecule has 0 atom stereocenters. The maximum atomic E-state index is 13.7. The third kappa shape index (κ3) is 5.73. The normalized spacial score (nSPS) is 11.4. The van der Waals surface area contributed by atoms with Gasteiger partial charge in [-0.25, -0.2) is 9.18 Å². The van der Waals surface area contributed by atoms with Crippen molar-refractivity contribution >= 4 is 35.0 Å². The Kier molecular flexibility index (Phi) is 7.67. The number of nitro benzene ring substituents is 1. The average Bonchev–Trinajstić information content (AvgIpc) is 2.91. The first kappa shape index (κ1) is 24.6. The number of nitrogens with zero attached hydrogens (tertiary/aromatic N) is 1. The standard InChI is InChI=1S/C28H18FNO5S/c29-22-17-15-21(16-18-22)28(32)35-26(20-11-5-2-6-12-20)27(25(31)19-9-3-1-4-10-19)36-24-14-8-7-13-23(24)30(33)34/h1-18H/b27-26-. The molecule has 0 saturated heterocycles. The molecule has 178 valence electrons. The number of hydrogen-bond acceptors (Lipinski definition) is 6. The lowest BCUT2D eigenvalue weighted by Gasteiger charge is -2.15. The second-order valence-electron chi connectivity index (χ2n) is 7.44. The highest BCUT2D eigenvalue weighted by atomic mass is 32.2. The van der Waals surface area contributed by atoms with Crippen LogP contribution in [0.3, 0.4) is 0 Å². The highest BCUT2D eigenvalue weighted by Crippen LogP contribution is 2.40. The van der Waals surface area contributed by atoms with Crippen molar-refractivity contribution < 1.29 is 23.6 Å². The van der Waals surface area contributed by atoms with Crippen LogP contribution in [0.25, 0.3) is 5.76 Å². The molecule has 0 N–H and O–H groups in total. The first-order valence-electron chi connectivity index (χ1n) is 10.7. The Morgan fingerprint density at radius 2 is 1.28 bits per heavy atom. The molecule has 8 heteroatoms. The molecule has 0 heterocycles. The molecule has 0 unspecified atom stereocenters. The molecule has 0 saturated carbocycles. The first-order chi connectivity index (χ1) is 17.4. The zero-order chi connectivity index (χ0) is 25.5. The summed E-state index contributed by atoms with van der Waals surface area (Å²) in [5.74, 6) is -1.88. The quantitative estimate of drug-likeness (QED) is 0.0497. The molecule has 0 spiro atoms. The van der Waals surface area contributed by atoms with Crippen molar-refractivity contribution in [3.63, 3.8) is 0 Å². The van der Waals surface area contributed by atoms with E-state index in [1.807, 2.05) is 0 Å². The van der Waals surface area contributed by atoms with Gasteiger partial charge in [-0.2, -0.15) is 0 Å². The van der Waals surface area contributed by atoms with Gasteiger partial charge in [0.2, 0.25) is 5.78 Å². The number of rotatable bonds is 8. The lowest BCUT2D eigenvalue weighted by molar-refractivity contribution is -0.387. The van der Waals surface area contributed by atoms with Gasteiger partial charge in [-0.05, 0) is 30.3 Å². The Morgan fingerprint density at radius 3 is 1.89 bits per heavy atom. The van der Waals surface area contributed by atoms with Crippen LogP contribution in [0.2, 0.25) is 0 Å². The lowest BCUT2D eigenvalue weighted by atomic mass is 10.1. The molecule has 0 aliphatic rings. The van der Waals surface area contributed by atoms with Gasteiger partial charge in [0, 0.05) is 17.2 Å². The van der Waals surface area contributed by atoms with Crippen molar-refractivity contribution in [3.8, 4) is 0 Å². The Balaban J connectivity index is 1.90. The van der Waals surface area contributed by atoms with E-state index >= 15 is 0 Å². The Bertz CT molecular complexity index is 1440. The predicted octanol–water partition coefficient (Wildman–Crippen LogP) is 6.93. The van der Waals surface area contributed by atoms with E-state index in [-0.39, 0.29) is 26.8 Å². The number of allylic oxidation sites excluding steroid dienone is 1. The van der Waals surface area contributed by atoms with E-state index in [1.54, 1.807) is 66.7 Å². The average molecular weight is 500 g/mol. The zero-order valence-corrected chi connectivity index (χ0v) is 19.5. The summed E-state index contributed by atoms with van der Waals surface area (Å²) in [6.07, 6.45) is 0. The third-order valence-corrected chi connectivity index (χ3v) is 6.17. The molecule has 0 fully saturated rings. The van der Waals surface area contributed by atoms with E-state index in [0.717, 1.165) is 23.9 Å². The fourth-order valence-corrected chi connectivity index (χ4v) is 4.36. The monoisotopic (exact) mass is 499 g/mol. The minimum atomic E-state index is -0.810. The summed E-state index contributed by atoms with van der Waals surface area (Å²) in [7, 11) is 0. The number of nitro groups is 1. The summed E-state index contributed by atoms with van der Waals surface area (Å²) in [5.41, 5.74) is 0.605. The fourth-order valence-electron chi connectivity index (χ4n) is 3.28. The molecule has 4 aromatic carbocycles. The number of benzene rings is 4. The Hall–Kier alpha value is -4.56. The fraction of sp³-hybridized carbons (Fsp3) is 0. The smallest absolute Gasteiger partial charge is 0.343 e. The van der Waals surface area contributed by atoms with Crippen molar-refractivity contribution in [1.82, 2.24) is 0 Å². The van der Waals surface area contributed by atoms with E-state index in [9.17, 15) is 24.1 Å². The van der Waals surface area contributed by atoms with Crippen LogP contribution in [0.5, 0.6) is 0 Å². The zero-order valence-electron chi connectivity index (χ0n) is 18.7. The van der Waals surface area contributed by atoms with Gasteiger partial charge in [-0.1, -0.05) is 84.6 Å². The first-order valence-corrected chi connectivity index (χ1v) is 11.5. The topological polar surface area (TPSA) is 86.5 Å². The van der Waals surface area contributed by atoms with Crippen LogP contribution in [0, 0.1) is 15.9 Å². The van der Waals surface area contributed by atoms with E-state index in [0.29, 0.717) is 11.1 Å². The van der Waals surface area contributed by atoms with Gasteiger partial charge in [0.15, 0.2) is 5.76 Å². The molecule has 0 amide bonds. The minimum absolute atomic E-state index is 0.0165. The maximum Gasteiger partial charge on any atom is 0.343 e. The highest BCUT2D eigenvalue weighted by molar-refractivity contribution is 8.04. The number of carbonyl (C=O) groups is 2. The van der Waals surface area contributed by atoms with Crippen LogP contribution < -0.4 is 0 Å². The number of carbonyl (C=O) groups excluding carboxylic acids is 2. The second-order valence-corrected chi connectivity index (χ2v) is 8.49. The molecule has 0 aliphatic heterocycles. The molecular formula is C28H18FNO5S. The summed E-state index contributed by atoms with van der Waals surface area (Å²) in [6, 6.07) is 27.6. The van der Waals surface area contributed by atoms with Gasteiger partial charge in [-0.3, -0.25) is 14.9 Å². The van der Waals surface area contributed by atoms with Crippen LogP contribution in [0.15, 0.2) is 119 Å². The molecule has 6 nitrogen and oxygen atoms in total.